The number of para-hydroxylation sites is 1. The molecule has 0 amide bonds. The molecule has 7 aromatic carbocycles. The van der Waals surface area contributed by atoms with E-state index in [4.69, 9.17) is 9.72 Å². The normalized spacial score (nSPS) is 14.7. The van der Waals surface area contributed by atoms with Crippen molar-refractivity contribution in [2.45, 2.75) is 24.7 Å². The van der Waals surface area contributed by atoms with Crippen molar-refractivity contribution < 1.29 is 4.74 Å². The molecule has 0 N–H and O–H groups in total. The largest absolute Gasteiger partial charge is 0.457 e. The Labute approximate surface area is 310 Å². The molecule has 11 rings (SSSR count). The van der Waals surface area contributed by atoms with Gasteiger partial charge in [0.1, 0.15) is 11.5 Å². The first-order valence-corrected chi connectivity index (χ1v) is 18.5. The Hall–Kier alpha value is -6.51. The highest BCUT2D eigenvalue weighted by atomic mass is 16.5. The minimum atomic E-state index is -0.507. The lowest BCUT2D eigenvalue weighted by atomic mass is 9.65. The number of aromatic nitrogens is 1. The van der Waals surface area contributed by atoms with E-state index in [0.29, 0.717) is 0 Å². The van der Waals surface area contributed by atoms with Gasteiger partial charge in [-0.3, -0.25) is 0 Å². The van der Waals surface area contributed by atoms with Crippen LogP contribution < -0.4 is 4.74 Å². The third-order valence-corrected chi connectivity index (χ3v) is 11.9. The van der Waals surface area contributed by atoms with Gasteiger partial charge in [0.15, 0.2) is 0 Å². The molecule has 250 valence electrons. The fourth-order valence-electron chi connectivity index (χ4n) is 9.66. The van der Waals surface area contributed by atoms with Crippen molar-refractivity contribution in [1.29, 1.82) is 0 Å². The molecule has 0 fully saturated rings. The standard InChI is InChI=1S/C51H35NO/c1-50(2)43-31-48-44(51(42-26-13-14-27-47(42)53-48)40-24-11-9-20-35(40)36-21-10-12-25-41(36)51)30-39(43)37-22-15-23-38(49(37)50)46-29-34(32-16-5-3-6-17-32)28-45(52-46)33-18-7-4-8-19-33/h3-31H,1-2H3. The second-order valence-electron chi connectivity index (χ2n) is 15.0. The van der Waals surface area contributed by atoms with Crippen molar-refractivity contribution in [2.24, 2.45) is 0 Å². The lowest BCUT2D eigenvalue weighted by molar-refractivity contribution is 0.435. The smallest absolute Gasteiger partial charge is 0.132 e. The maximum absolute atomic E-state index is 6.94. The van der Waals surface area contributed by atoms with E-state index in [9.17, 15) is 0 Å². The van der Waals surface area contributed by atoms with Gasteiger partial charge in [0.2, 0.25) is 0 Å². The number of fused-ring (bicyclic) bond motifs is 12. The molecule has 2 nitrogen and oxygen atoms in total. The Bertz CT molecular complexity index is 2670. The number of pyridine rings is 1. The summed E-state index contributed by atoms with van der Waals surface area (Å²) in [5, 5.41) is 0. The van der Waals surface area contributed by atoms with Crippen molar-refractivity contribution >= 4 is 0 Å². The summed E-state index contributed by atoms with van der Waals surface area (Å²) in [6.45, 7) is 4.72. The molecule has 2 aliphatic carbocycles. The van der Waals surface area contributed by atoms with Gasteiger partial charge in [0, 0.05) is 27.7 Å². The first-order valence-electron chi connectivity index (χ1n) is 18.5. The van der Waals surface area contributed by atoms with Crippen molar-refractivity contribution in [1.82, 2.24) is 4.98 Å². The number of benzene rings is 7. The molecule has 53 heavy (non-hydrogen) atoms. The zero-order valence-corrected chi connectivity index (χ0v) is 29.6. The molecule has 2 heterocycles. The Morgan fingerprint density at radius 3 is 1.66 bits per heavy atom. The summed E-state index contributed by atoms with van der Waals surface area (Å²) in [7, 11) is 0. The van der Waals surface area contributed by atoms with Crippen LogP contribution in [0.5, 0.6) is 11.5 Å². The summed E-state index contributed by atoms with van der Waals surface area (Å²) >= 11 is 0. The van der Waals surface area contributed by atoms with Crippen molar-refractivity contribution in [2.75, 3.05) is 0 Å². The van der Waals surface area contributed by atoms with E-state index in [1.165, 1.54) is 61.2 Å². The topological polar surface area (TPSA) is 22.1 Å². The zero-order chi connectivity index (χ0) is 35.3. The minimum absolute atomic E-state index is 0.313. The van der Waals surface area contributed by atoms with Gasteiger partial charge in [-0.1, -0.05) is 159 Å². The Morgan fingerprint density at radius 1 is 0.377 bits per heavy atom. The van der Waals surface area contributed by atoms with Crippen LogP contribution in [0.1, 0.15) is 47.2 Å². The number of rotatable bonds is 3. The summed E-state index contributed by atoms with van der Waals surface area (Å²) in [4.78, 5) is 5.39. The van der Waals surface area contributed by atoms with E-state index in [1.54, 1.807) is 0 Å². The fourth-order valence-corrected chi connectivity index (χ4v) is 9.66. The molecular formula is C51H35NO. The summed E-state index contributed by atoms with van der Waals surface area (Å²) in [5.74, 6) is 1.84. The van der Waals surface area contributed by atoms with Crippen LogP contribution in [0.4, 0.5) is 0 Å². The maximum atomic E-state index is 6.94. The number of nitrogens with zero attached hydrogens (tertiary/aromatic N) is 1. The van der Waals surface area contributed by atoms with Gasteiger partial charge in [-0.15, -0.1) is 0 Å². The maximum Gasteiger partial charge on any atom is 0.132 e. The van der Waals surface area contributed by atoms with E-state index >= 15 is 0 Å². The molecule has 0 atom stereocenters. The molecule has 1 aliphatic heterocycles. The molecule has 0 saturated heterocycles. The Kier molecular flexibility index (Phi) is 6.25. The molecule has 2 heteroatoms. The van der Waals surface area contributed by atoms with Crippen molar-refractivity contribution in [3.8, 4) is 67.4 Å². The summed E-state index contributed by atoms with van der Waals surface area (Å²) < 4.78 is 6.94. The first kappa shape index (κ1) is 30.1. The molecule has 8 aromatic rings. The third-order valence-electron chi connectivity index (χ3n) is 11.9. The average Bonchev–Trinajstić information content (AvgIpc) is 3.63. The van der Waals surface area contributed by atoms with Gasteiger partial charge < -0.3 is 4.74 Å². The predicted molar refractivity (Wildman–Crippen MR) is 215 cm³/mol. The van der Waals surface area contributed by atoms with E-state index in [0.717, 1.165) is 39.6 Å². The molecule has 0 radical (unpaired) electrons. The van der Waals surface area contributed by atoms with Gasteiger partial charge in [-0.25, -0.2) is 4.98 Å². The van der Waals surface area contributed by atoms with Gasteiger partial charge in [0.25, 0.3) is 0 Å². The van der Waals surface area contributed by atoms with Crippen LogP contribution in [-0.4, -0.2) is 4.98 Å². The monoisotopic (exact) mass is 677 g/mol. The lowest BCUT2D eigenvalue weighted by Gasteiger charge is -2.40. The van der Waals surface area contributed by atoms with Crippen molar-refractivity contribution in [3.05, 3.63) is 209 Å². The number of hydrogen-bond acceptors (Lipinski definition) is 2. The zero-order valence-electron chi connectivity index (χ0n) is 29.6. The molecule has 1 spiro atoms. The highest BCUT2D eigenvalue weighted by Crippen LogP contribution is 2.64. The quantitative estimate of drug-likeness (QED) is 0.186. The fraction of sp³-hybridized carbons (Fsp3) is 0.0784. The summed E-state index contributed by atoms with van der Waals surface area (Å²) in [6.07, 6.45) is 0. The second-order valence-corrected chi connectivity index (χ2v) is 15.0. The van der Waals surface area contributed by atoms with Crippen LogP contribution in [-0.2, 0) is 10.8 Å². The van der Waals surface area contributed by atoms with Gasteiger partial charge in [0.05, 0.1) is 16.8 Å². The van der Waals surface area contributed by atoms with E-state index in [1.807, 2.05) is 0 Å². The summed E-state index contributed by atoms with van der Waals surface area (Å²) in [5.41, 5.74) is 18.4. The molecular weight excluding hydrogens is 643 g/mol. The van der Waals surface area contributed by atoms with E-state index in [2.05, 4.69) is 190 Å². The predicted octanol–water partition coefficient (Wildman–Crippen LogP) is 12.9. The van der Waals surface area contributed by atoms with Crippen molar-refractivity contribution in [3.63, 3.8) is 0 Å². The number of hydrogen-bond donors (Lipinski definition) is 0. The van der Waals surface area contributed by atoms with Crippen LogP contribution in [0.15, 0.2) is 176 Å². The highest BCUT2D eigenvalue weighted by Gasteiger charge is 2.52. The average molecular weight is 678 g/mol. The highest BCUT2D eigenvalue weighted by molar-refractivity contribution is 5.93. The van der Waals surface area contributed by atoms with Gasteiger partial charge >= 0.3 is 0 Å². The molecule has 3 aliphatic rings. The van der Waals surface area contributed by atoms with Crippen LogP contribution >= 0.6 is 0 Å². The van der Waals surface area contributed by atoms with Crippen LogP contribution in [0, 0.1) is 0 Å². The number of ether oxygens (including phenoxy) is 1. The first-order chi connectivity index (χ1) is 26.0. The third kappa shape index (κ3) is 4.12. The Morgan fingerprint density at radius 2 is 0.943 bits per heavy atom. The van der Waals surface area contributed by atoms with E-state index < -0.39 is 5.41 Å². The van der Waals surface area contributed by atoms with Crippen LogP contribution in [0.3, 0.4) is 0 Å². The second kappa shape index (κ2) is 11.0. The molecule has 0 saturated carbocycles. The van der Waals surface area contributed by atoms with Gasteiger partial charge in [-0.05, 0) is 86.0 Å². The van der Waals surface area contributed by atoms with Gasteiger partial charge in [-0.2, -0.15) is 0 Å². The lowest BCUT2D eigenvalue weighted by Crippen LogP contribution is -2.32. The molecule has 1 aromatic heterocycles. The van der Waals surface area contributed by atoms with E-state index in [-0.39, 0.29) is 5.41 Å². The molecule has 0 bridgehead atoms. The SMILES string of the molecule is CC1(C)c2cc3c(cc2-c2cccc(-c4cc(-c5ccccc5)cc(-c5ccccc5)n4)c21)C1(c2ccccc2O3)c2ccccc2-c2ccccc21. The van der Waals surface area contributed by atoms with Crippen LogP contribution in [0.25, 0.3) is 55.9 Å². The minimum Gasteiger partial charge on any atom is -0.457 e. The molecule has 0 unspecified atom stereocenters. The summed E-state index contributed by atoms with van der Waals surface area (Å²) in [6, 6.07) is 63.7. The Balaban J connectivity index is 1.17. The van der Waals surface area contributed by atoms with Crippen LogP contribution in [0.2, 0.25) is 0 Å².